The summed E-state index contributed by atoms with van der Waals surface area (Å²) in [6.45, 7) is -0.416. The summed E-state index contributed by atoms with van der Waals surface area (Å²) >= 11 is 0. The molecular weight excluding hydrogens is 280 g/mol. The molecule has 7 heteroatoms. The zero-order valence-corrected chi connectivity index (χ0v) is 11.0. The summed E-state index contributed by atoms with van der Waals surface area (Å²) in [5.74, 6) is -1.71. The van der Waals surface area contributed by atoms with Gasteiger partial charge in [0.25, 0.3) is 5.56 Å². The molecule has 1 heterocycles. The van der Waals surface area contributed by atoms with Gasteiger partial charge in [-0.3, -0.25) is 9.59 Å². The Morgan fingerprint density at radius 3 is 2.76 bits per heavy atom. The van der Waals surface area contributed by atoms with E-state index in [1.165, 1.54) is 18.3 Å². The Bertz CT molecular complexity index is 728. The highest BCUT2D eigenvalue weighted by molar-refractivity contribution is 5.75. The first-order valence-corrected chi connectivity index (χ1v) is 6.12. The molecule has 0 spiro atoms. The van der Waals surface area contributed by atoms with E-state index < -0.39 is 17.5 Å². The molecule has 0 fully saturated rings. The van der Waals surface area contributed by atoms with Crippen molar-refractivity contribution in [3.05, 3.63) is 64.1 Å². The van der Waals surface area contributed by atoms with Gasteiger partial charge in [-0.1, -0.05) is 0 Å². The van der Waals surface area contributed by atoms with Crippen LogP contribution in [-0.2, 0) is 17.9 Å². The fourth-order valence-corrected chi connectivity index (χ4v) is 1.76. The zero-order chi connectivity index (χ0) is 15.4. The molecule has 0 aliphatic rings. The monoisotopic (exact) mass is 293 g/mol. The zero-order valence-electron chi connectivity index (χ0n) is 11.0. The Morgan fingerprint density at radius 1 is 1.24 bits per heavy atom. The average Bonchev–Trinajstić information content (AvgIpc) is 2.44. The van der Waals surface area contributed by atoms with Gasteiger partial charge in [0.2, 0.25) is 5.91 Å². The summed E-state index contributed by atoms with van der Waals surface area (Å²) in [6.07, 6.45) is 1.34. The number of rotatable bonds is 4. The number of nitrogens with zero attached hydrogens (tertiary/aromatic N) is 1. The van der Waals surface area contributed by atoms with E-state index in [9.17, 15) is 18.4 Å². The Hall–Kier alpha value is -2.70. The largest absolute Gasteiger partial charge is 0.398 e. The number of nitrogens with one attached hydrogen (secondary N) is 1. The lowest BCUT2D eigenvalue weighted by Gasteiger charge is -2.08. The lowest BCUT2D eigenvalue weighted by Crippen LogP contribution is -2.31. The van der Waals surface area contributed by atoms with Crippen molar-refractivity contribution >= 4 is 11.6 Å². The van der Waals surface area contributed by atoms with Crippen molar-refractivity contribution in [1.29, 1.82) is 0 Å². The summed E-state index contributed by atoms with van der Waals surface area (Å²) in [6, 6.07) is 5.65. The molecular formula is C14H13F2N3O2. The predicted octanol–water partition coefficient (Wildman–Crippen LogP) is 1.03. The molecule has 5 nitrogen and oxygen atoms in total. The molecule has 2 aromatic rings. The molecule has 0 aliphatic carbocycles. The van der Waals surface area contributed by atoms with Crippen LogP contribution in [0.5, 0.6) is 0 Å². The highest BCUT2D eigenvalue weighted by atomic mass is 19.1. The molecule has 0 aliphatic heterocycles. The minimum Gasteiger partial charge on any atom is -0.398 e. The number of hydrogen-bond acceptors (Lipinski definition) is 3. The third-order valence-electron chi connectivity index (χ3n) is 2.80. The van der Waals surface area contributed by atoms with Gasteiger partial charge in [0.15, 0.2) is 0 Å². The van der Waals surface area contributed by atoms with Crippen LogP contribution in [0.15, 0.2) is 41.3 Å². The van der Waals surface area contributed by atoms with E-state index in [4.69, 9.17) is 5.73 Å². The summed E-state index contributed by atoms with van der Waals surface area (Å²) < 4.78 is 27.5. The van der Waals surface area contributed by atoms with Crippen LogP contribution in [0.4, 0.5) is 14.5 Å². The number of carbonyl (C=O) groups excluding carboxylic acids is 1. The predicted molar refractivity (Wildman–Crippen MR) is 73.3 cm³/mol. The molecule has 0 unspecified atom stereocenters. The number of carbonyl (C=O) groups is 1. The van der Waals surface area contributed by atoms with Crippen molar-refractivity contribution in [3.63, 3.8) is 0 Å². The van der Waals surface area contributed by atoms with Crippen LogP contribution in [0.25, 0.3) is 0 Å². The first-order chi connectivity index (χ1) is 9.95. The van der Waals surface area contributed by atoms with E-state index in [1.807, 2.05) is 0 Å². The highest BCUT2D eigenvalue weighted by Gasteiger charge is 2.08. The smallest absolute Gasteiger partial charge is 0.251 e. The lowest BCUT2D eigenvalue weighted by atomic mass is 10.2. The molecule has 0 atom stereocenters. The minimum atomic E-state index is -0.613. The molecule has 3 N–H and O–H groups in total. The summed E-state index contributed by atoms with van der Waals surface area (Å²) in [4.78, 5) is 23.2. The molecule has 0 saturated heterocycles. The van der Waals surface area contributed by atoms with Crippen LogP contribution in [0.3, 0.4) is 0 Å². The first kappa shape index (κ1) is 14.7. The average molecular weight is 293 g/mol. The Morgan fingerprint density at radius 2 is 2.00 bits per heavy atom. The number of pyridine rings is 1. The van der Waals surface area contributed by atoms with E-state index in [1.54, 1.807) is 0 Å². The van der Waals surface area contributed by atoms with Crippen LogP contribution in [0.1, 0.15) is 5.56 Å². The summed E-state index contributed by atoms with van der Waals surface area (Å²) in [5, 5.41) is 2.42. The van der Waals surface area contributed by atoms with E-state index in [-0.39, 0.29) is 24.2 Å². The Kier molecular flexibility index (Phi) is 4.32. The molecule has 0 radical (unpaired) electrons. The number of nitrogens with two attached hydrogens (primary N) is 1. The van der Waals surface area contributed by atoms with Crippen molar-refractivity contribution < 1.29 is 13.6 Å². The van der Waals surface area contributed by atoms with Crippen LogP contribution in [0, 0.1) is 11.6 Å². The van der Waals surface area contributed by atoms with Crippen molar-refractivity contribution in [3.8, 4) is 0 Å². The van der Waals surface area contributed by atoms with Crippen molar-refractivity contribution in [2.75, 3.05) is 5.73 Å². The van der Waals surface area contributed by atoms with Gasteiger partial charge in [-0.2, -0.15) is 0 Å². The van der Waals surface area contributed by atoms with Crippen LogP contribution in [0.2, 0.25) is 0 Å². The number of halogens is 2. The Labute approximate surface area is 119 Å². The SMILES string of the molecule is Nc1ccc(=O)n(CC(=O)NCc2cc(F)ccc2F)c1. The molecule has 110 valence electrons. The third kappa shape index (κ3) is 3.88. The molecule has 2 rings (SSSR count). The second kappa shape index (κ2) is 6.17. The maximum absolute atomic E-state index is 13.4. The van der Waals surface area contributed by atoms with Gasteiger partial charge in [-0.25, -0.2) is 8.78 Å². The fraction of sp³-hybridized carbons (Fsp3) is 0.143. The second-order valence-electron chi connectivity index (χ2n) is 4.44. The van der Waals surface area contributed by atoms with Gasteiger partial charge in [0, 0.05) is 30.1 Å². The maximum Gasteiger partial charge on any atom is 0.251 e. The van der Waals surface area contributed by atoms with E-state index in [2.05, 4.69) is 5.32 Å². The summed E-state index contributed by atoms with van der Waals surface area (Å²) in [5.41, 5.74) is 5.52. The number of hydrogen-bond donors (Lipinski definition) is 2. The van der Waals surface area contributed by atoms with Crippen LogP contribution >= 0.6 is 0 Å². The van der Waals surface area contributed by atoms with E-state index in [0.717, 1.165) is 22.8 Å². The molecule has 1 aromatic carbocycles. The Balaban J connectivity index is 2.01. The first-order valence-electron chi connectivity index (χ1n) is 6.12. The molecule has 1 amide bonds. The van der Waals surface area contributed by atoms with Crippen molar-refractivity contribution in [1.82, 2.24) is 9.88 Å². The standard InChI is InChI=1S/C14H13F2N3O2/c15-10-1-3-12(16)9(5-10)6-18-13(20)8-19-7-11(17)2-4-14(19)21/h1-5,7H,6,8,17H2,(H,18,20). The van der Waals surface area contributed by atoms with Gasteiger partial charge < -0.3 is 15.6 Å². The second-order valence-corrected chi connectivity index (χ2v) is 4.44. The minimum absolute atomic E-state index is 0.0308. The van der Waals surface area contributed by atoms with Gasteiger partial charge >= 0.3 is 0 Å². The normalized spacial score (nSPS) is 10.4. The molecule has 1 aromatic heterocycles. The summed E-state index contributed by atoms with van der Waals surface area (Å²) in [7, 11) is 0. The van der Waals surface area contributed by atoms with E-state index in [0.29, 0.717) is 5.69 Å². The van der Waals surface area contributed by atoms with E-state index >= 15 is 0 Å². The number of benzene rings is 1. The number of aromatic nitrogens is 1. The fourth-order valence-electron chi connectivity index (χ4n) is 1.76. The van der Waals surface area contributed by atoms with Crippen LogP contribution in [-0.4, -0.2) is 10.5 Å². The number of anilines is 1. The van der Waals surface area contributed by atoms with Gasteiger partial charge in [-0.15, -0.1) is 0 Å². The van der Waals surface area contributed by atoms with Crippen LogP contribution < -0.4 is 16.6 Å². The van der Waals surface area contributed by atoms with Gasteiger partial charge in [0.1, 0.15) is 18.2 Å². The van der Waals surface area contributed by atoms with Crippen molar-refractivity contribution in [2.24, 2.45) is 0 Å². The van der Waals surface area contributed by atoms with Crippen molar-refractivity contribution in [2.45, 2.75) is 13.1 Å². The van der Waals surface area contributed by atoms with Gasteiger partial charge in [-0.05, 0) is 24.3 Å². The highest BCUT2D eigenvalue weighted by Crippen LogP contribution is 2.09. The topological polar surface area (TPSA) is 77.1 Å². The molecule has 0 bridgehead atoms. The third-order valence-corrected chi connectivity index (χ3v) is 2.80. The number of nitrogen functional groups attached to an aromatic ring is 1. The number of amides is 1. The lowest BCUT2D eigenvalue weighted by molar-refractivity contribution is -0.121. The quantitative estimate of drug-likeness (QED) is 0.883. The molecule has 21 heavy (non-hydrogen) atoms. The molecule has 0 saturated carbocycles. The maximum atomic E-state index is 13.4. The van der Waals surface area contributed by atoms with Gasteiger partial charge in [0.05, 0.1) is 0 Å².